The van der Waals surface area contributed by atoms with Crippen LogP contribution in [0.5, 0.6) is 0 Å². The highest BCUT2D eigenvalue weighted by Crippen LogP contribution is 2.71. The van der Waals surface area contributed by atoms with E-state index in [9.17, 15) is 24.6 Å². The lowest BCUT2D eigenvalue weighted by molar-refractivity contribution is -0.279. The van der Waals surface area contributed by atoms with Gasteiger partial charge in [-0.15, -0.1) is 0 Å². The smallest absolute Gasteiger partial charge is 0.302 e. The molecule has 2 bridgehead atoms. The van der Waals surface area contributed by atoms with E-state index in [4.69, 9.17) is 9.47 Å². The maximum atomic E-state index is 13.6. The number of rotatable bonds is 2. The van der Waals surface area contributed by atoms with Crippen LogP contribution in [-0.2, 0) is 23.9 Å². The van der Waals surface area contributed by atoms with Crippen molar-refractivity contribution < 1.29 is 34.1 Å². The van der Waals surface area contributed by atoms with Gasteiger partial charge in [-0.3, -0.25) is 14.4 Å². The van der Waals surface area contributed by atoms with Gasteiger partial charge in [0, 0.05) is 31.1 Å². The summed E-state index contributed by atoms with van der Waals surface area (Å²) in [4.78, 5) is 37.7. The van der Waals surface area contributed by atoms with E-state index in [1.807, 2.05) is 6.92 Å². The Balaban J connectivity index is 1.97. The normalized spacial score (nSPS) is 47.9. The van der Waals surface area contributed by atoms with Crippen LogP contribution >= 0.6 is 0 Å². The number of carbonyl (C=O) groups excluding carboxylic acids is 3. The van der Waals surface area contributed by atoms with Crippen LogP contribution in [0.1, 0.15) is 60.3 Å². The Bertz CT molecular complexity index is 847. The zero-order valence-electron chi connectivity index (χ0n) is 19.0. The zero-order valence-corrected chi connectivity index (χ0v) is 19.0. The molecule has 4 saturated carbocycles. The quantitative estimate of drug-likeness (QED) is 0.506. The summed E-state index contributed by atoms with van der Waals surface area (Å²) in [6, 6.07) is 0. The van der Waals surface area contributed by atoms with Gasteiger partial charge in [-0.25, -0.2) is 0 Å². The Labute approximate surface area is 183 Å². The third kappa shape index (κ3) is 2.75. The third-order valence-corrected chi connectivity index (χ3v) is 9.12. The third-order valence-electron chi connectivity index (χ3n) is 9.12. The number of ketones is 1. The van der Waals surface area contributed by atoms with Gasteiger partial charge in [0.1, 0.15) is 12.2 Å². The van der Waals surface area contributed by atoms with Crippen molar-refractivity contribution in [2.75, 3.05) is 0 Å². The summed E-state index contributed by atoms with van der Waals surface area (Å²) >= 11 is 0. The molecule has 0 aromatic heterocycles. The van der Waals surface area contributed by atoms with Gasteiger partial charge in [-0.2, -0.15) is 0 Å². The van der Waals surface area contributed by atoms with Crippen molar-refractivity contribution >= 4 is 17.7 Å². The van der Waals surface area contributed by atoms with Crippen LogP contribution in [-0.4, -0.2) is 52.4 Å². The van der Waals surface area contributed by atoms with E-state index in [2.05, 4.69) is 20.4 Å². The molecule has 0 aliphatic heterocycles. The topological polar surface area (TPSA) is 110 Å². The molecule has 0 aromatic carbocycles. The molecule has 2 N–H and O–H groups in total. The molecular formula is C24H34O7. The molecule has 9 atom stereocenters. The molecular weight excluding hydrogens is 400 g/mol. The van der Waals surface area contributed by atoms with Crippen LogP contribution in [0.2, 0.25) is 0 Å². The fraction of sp³-hybridized carbons (Fsp3) is 0.792. The van der Waals surface area contributed by atoms with Gasteiger partial charge < -0.3 is 19.7 Å². The van der Waals surface area contributed by atoms with Crippen LogP contribution in [0, 0.1) is 34.0 Å². The molecule has 0 radical (unpaired) electrons. The zero-order chi connectivity index (χ0) is 23.1. The first-order valence-electron chi connectivity index (χ1n) is 11.2. The summed E-state index contributed by atoms with van der Waals surface area (Å²) < 4.78 is 11.6. The van der Waals surface area contributed by atoms with Crippen molar-refractivity contribution in [3.63, 3.8) is 0 Å². The summed E-state index contributed by atoms with van der Waals surface area (Å²) in [6.07, 6.45) is -1.46. The molecule has 4 rings (SSSR count). The number of carbonyl (C=O) groups is 3. The number of esters is 2. The second kappa shape index (κ2) is 6.88. The maximum absolute atomic E-state index is 13.6. The highest BCUT2D eigenvalue weighted by Gasteiger charge is 2.78. The number of hydrogen-bond acceptors (Lipinski definition) is 7. The van der Waals surface area contributed by atoms with Gasteiger partial charge in [-0.1, -0.05) is 27.4 Å². The molecule has 4 aliphatic rings. The van der Waals surface area contributed by atoms with Gasteiger partial charge in [0.05, 0.1) is 17.6 Å². The number of Topliss-reactive ketones (excluding diaryl/α,β-unsaturated/α-hetero) is 1. The van der Waals surface area contributed by atoms with E-state index in [0.717, 1.165) is 6.42 Å². The molecule has 4 fully saturated rings. The molecule has 31 heavy (non-hydrogen) atoms. The van der Waals surface area contributed by atoms with Crippen LogP contribution < -0.4 is 0 Å². The second-order valence-electron chi connectivity index (χ2n) is 11.0. The summed E-state index contributed by atoms with van der Waals surface area (Å²) in [7, 11) is 0. The lowest BCUT2D eigenvalue weighted by atomic mass is 9.38. The predicted octanol–water partition coefficient (Wildman–Crippen LogP) is 2.18. The van der Waals surface area contributed by atoms with Crippen LogP contribution in [0.4, 0.5) is 0 Å². The number of fused-ring (bicyclic) bond motifs is 3. The molecule has 0 unspecified atom stereocenters. The first-order valence-corrected chi connectivity index (χ1v) is 11.2. The first kappa shape index (κ1) is 22.5. The Morgan fingerprint density at radius 1 is 1.06 bits per heavy atom. The van der Waals surface area contributed by atoms with Crippen molar-refractivity contribution in [1.29, 1.82) is 0 Å². The largest absolute Gasteiger partial charge is 0.462 e. The number of aliphatic hydroxyl groups excluding tert-OH is 2. The Kier molecular flexibility index (Phi) is 4.99. The Morgan fingerprint density at radius 2 is 1.68 bits per heavy atom. The highest BCUT2D eigenvalue weighted by molar-refractivity contribution is 6.04. The van der Waals surface area contributed by atoms with Crippen molar-refractivity contribution in [1.82, 2.24) is 0 Å². The van der Waals surface area contributed by atoms with Gasteiger partial charge in [-0.05, 0) is 42.6 Å². The molecule has 4 aliphatic carbocycles. The number of aliphatic hydroxyl groups is 2. The van der Waals surface area contributed by atoms with Gasteiger partial charge in [0.2, 0.25) is 0 Å². The minimum Gasteiger partial charge on any atom is -0.462 e. The predicted molar refractivity (Wildman–Crippen MR) is 111 cm³/mol. The maximum Gasteiger partial charge on any atom is 0.302 e. The standard InChI is InChI=1S/C24H34O7/c1-11-14-9-15(30-12(2)25)19-23(6)16(10-17(27)24(19,20(11)28)21(14)29)22(4,5)8-7-18(23)31-13(3)26/h14-19,21,27,29H,1,7-10H2,2-6H3/t14-,15+,16+,17+,18+,19+,21-,23-,24+/m0/s1. The highest BCUT2D eigenvalue weighted by atomic mass is 16.6. The average Bonchev–Trinajstić information content (AvgIpc) is 2.76. The Morgan fingerprint density at radius 3 is 2.26 bits per heavy atom. The summed E-state index contributed by atoms with van der Waals surface area (Å²) in [5.74, 6) is -2.60. The minimum absolute atomic E-state index is 0.104. The minimum atomic E-state index is -1.52. The van der Waals surface area contributed by atoms with Gasteiger partial charge >= 0.3 is 11.9 Å². The molecule has 0 saturated heterocycles. The molecule has 1 spiro atoms. The summed E-state index contributed by atoms with van der Waals surface area (Å²) in [6.45, 7) is 12.9. The number of hydrogen-bond donors (Lipinski definition) is 2. The fourth-order valence-electron chi connectivity index (χ4n) is 8.04. The van der Waals surface area contributed by atoms with Gasteiger partial charge in [0.25, 0.3) is 0 Å². The lowest BCUT2D eigenvalue weighted by Gasteiger charge is -2.67. The van der Waals surface area contributed by atoms with E-state index in [1.54, 1.807) is 0 Å². The van der Waals surface area contributed by atoms with Crippen molar-refractivity contribution in [2.24, 2.45) is 34.0 Å². The van der Waals surface area contributed by atoms with Crippen molar-refractivity contribution in [2.45, 2.75) is 84.7 Å². The van der Waals surface area contributed by atoms with E-state index < -0.39 is 59.0 Å². The molecule has 7 heteroatoms. The second-order valence-corrected chi connectivity index (χ2v) is 11.0. The SMILES string of the molecule is C=C1C(=O)[C@@]23[C@H](O)C[C@@H]4C(C)(C)CC[C@@H](OC(C)=O)[C@@]4(C)[C@H]2[C@H](OC(C)=O)C[C@@H]1[C@@H]3O. The van der Waals surface area contributed by atoms with Crippen LogP contribution in [0.15, 0.2) is 12.2 Å². The van der Waals surface area contributed by atoms with E-state index in [1.165, 1.54) is 13.8 Å². The lowest BCUT2D eigenvalue weighted by Crippen LogP contribution is -2.73. The van der Waals surface area contributed by atoms with E-state index >= 15 is 0 Å². The molecule has 7 nitrogen and oxygen atoms in total. The Hall–Kier alpha value is -1.73. The van der Waals surface area contributed by atoms with E-state index in [-0.39, 0.29) is 29.1 Å². The monoisotopic (exact) mass is 434 g/mol. The van der Waals surface area contributed by atoms with E-state index in [0.29, 0.717) is 12.8 Å². The first-order chi connectivity index (χ1) is 14.3. The molecule has 0 amide bonds. The van der Waals surface area contributed by atoms with Crippen LogP contribution in [0.3, 0.4) is 0 Å². The van der Waals surface area contributed by atoms with Crippen LogP contribution in [0.25, 0.3) is 0 Å². The summed E-state index contributed by atoms with van der Waals surface area (Å²) in [5.41, 5.74) is -2.21. The van der Waals surface area contributed by atoms with Gasteiger partial charge in [0.15, 0.2) is 5.78 Å². The van der Waals surface area contributed by atoms with Crippen molar-refractivity contribution in [3.05, 3.63) is 12.2 Å². The molecule has 0 heterocycles. The number of ether oxygens (including phenoxy) is 2. The fourth-order valence-corrected chi connectivity index (χ4v) is 8.04. The summed E-state index contributed by atoms with van der Waals surface area (Å²) in [5, 5.41) is 22.8. The van der Waals surface area contributed by atoms with Crippen molar-refractivity contribution in [3.8, 4) is 0 Å². The average molecular weight is 435 g/mol. The molecule has 172 valence electrons. The molecule has 0 aromatic rings.